The van der Waals surface area contributed by atoms with Gasteiger partial charge in [0.25, 0.3) is 0 Å². The van der Waals surface area contributed by atoms with E-state index in [2.05, 4.69) is 4.98 Å². The van der Waals surface area contributed by atoms with Crippen molar-refractivity contribution >= 4 is 5.65 Å². The van der Waals surface area contributed by atoms with Crippen molar-refractivity contribution < 1.29 is 14.6 Å². The molecule has 0 radical (unpaired) electrons. The van der Waals surface area contributed by atoms with E-state index < -0.39 is 6.10 Å². The number of hydrogen-bond acceptors (Lipinski definition) is 4. The molecular weight excluding hydrogens is 268 g/mol. The molecule has 1 unspecified atom stereocenters. The first-order valence-electron chi connectivity index (χ1n) is 6.57. The summed E-state index contributed by atoms with van der Waals surface area (Å²) in [6, 6.07) is 11.1. The van der Waals surface area contributed by atoms with E-state index in [0.717, 1.165) is 5.65 Å². The predicted molar refractivity (Wildman–Crippen MR) is 78.8 cm³/mol. The molecule has 0 bridgehead atoms. The van der Waals surface area contributed by atoms with Gasteiger partial charge in [0.1, 0.15) is 23.3 Å². The van der Waals surface area contributed by atoms with Gasteiger partial charge in [-0.05, 0) is 24.3 Å². The van der Waals surface area contributed by atoms with Crippen molar-refractivity contribution in [1.82, 2.24) is 9.38 Å². The van der Waals surface area contributed by atoms with Crippen molar-refractivity contribution in [2.24, 2.45) is 0 Å². The molecule has 1 N–H and O–H groups in total. The molecule has 0 aliphatic heterocycles. The summed E-state index contributed by atoms with van der Waals surface area (Å²) in [6.45, 7) is 0. The van der Waals surface area contributed by atoms with E-state index in [1.165, 1.54) is 0 Å². The van der Waals surface area contributed by atoms with Crippen LogP contribution in [0.3, 0.4) is 0 Å². The molecular formula is C16H16N2O3. The van der Waals surface area contributed by atoms with Gasteiger partial charge in [-0.25, -0.2) is 4.98 Å². The van der Waals surface area contributed by atoms with Gasteiger partial charge in [0.05, 0.1) is 25.5 Å². The minimum absolute atomic E-state index is 0.545. The summed E-state index contributed by atoms with van der Waals surface area (Å²) in [5.41, 5.74) is 1.90. The van der Waals surface area contributed by atoms with Crippen molar-refractivity contribution in [3.05, 3.63) is 60.0 Å². The molecule has 1 aromatic carbocycles. The molecule has 3 rings (SSSR count). The molecule has 1 atom stereocenters. The maximum Gasteiger partial charge on any atom is 0.137 e. The standard InChI is InChI=1S/C16H16N2O3/c1-20-12-6-5-7-13(21-2)15(12)16(19)11-10-18-9-4-3-8-14(18)17-11/h3-10,16,19H,1-2H3. The fourth-order valence-electron chi connectivity index (χ4n) is 2.38. The van der Waals surface area contributed by atoms with Crippen molar-refractivity contribution in [3.8, 4) is 11.5 Å². The summed E-state index contributed by atoms with van der Waals surface area (Å²) >= 11 is 0. The van der Waals surface area contributed by atoms with Crippen LogP contribution in [0.1, 0.15) is 17.4 Å². The first-order valence-corrected chi connectivity index (χ1v) is 6.57. The van der Waals surface area contributed by atoms with Crippen LogP contribution in [0.5, 0.6) is 11.5 Å². The normalized spacial score (nSPS) is 12.3. The summed E-state index contributed by atoms with van der Waals surface area (Å²) in [6.07, 6.45) is 2.76. The van der Waals surface area contributed by atoms with Gasteiger partial charge in [0, 0.05) is 12.4 Å². The summed E-state index contributed by atoms with van der Waals surface area (Å²) in [7, 11) is 3.13. The van der Waals surface area contributed by atoms with Gasteiger partial charge < -0.3 is 19.0 Å². The second-order valence-electron chi connectivity index (χ2n) is 4.61. The van der Waals surface area contributed by atoms with E-state index in [-0.39, 0.29) is 0 Å². The van der Waals surface area contributed by atoms with Crippen LogP contribution in [0.4, 0.5) is 0 Å². The van der Waals surface area contributed by atoms with Crippen molar-refractivity contribution in [1.29, 1.82) is 0 Å². The molecule has 0 saturated carbocycles. The fraction of sp³-hybridized carbons (Fsp3) is 0.188. The minimum Gasteiger partial charge on any atom is -0.496 e. The number of pyridine rings is 1. The Hall–Kier alpha value is -2.53. The van der Waals surface area contributed by atoms with E-state index in [1.54, 1.807) is 32.5 Å². The number of aromatic nitrogens is 2. The van der Waals surface area contributed by atoms with E-state index in [9.17, 15) is 5.11 Å². The second-order valence-corrected chi connectivity index (χ2v) is 4.61. The number of benzene rings is 1. The Morgan fingerprint density at radius 1 is 1.05 bits per heavy atom. The molecule has 0 spiro atoms. The molecule has 0 aliphatic carbocycles. The molecule has 2 heterocycles. The van der Waals surface area contributed by atoms with Crippen LogP contribution >= 0.6 is 0 Å². The number of ether oxygens (including phenoxy) is 2. The molecule has 5 heteroatoms. The number of rotatable bonds is 4. The minimum atomic E-state index is -0.920. The van der Waals surface area contributed by atoms with Gasteiger partial charge in [-0.15, -0.1) is 0 Å². The Kier molecular flexibility index (Phi) is 3.50. The van der Waals surface area contributed by atoms with Crippen LogP contribution < -0.4 is 9.47 Å². The molecule has 2 aromatic heterocycles. The lowest BCUT2D eigenvalue weighted by Crippen LogP contribution is -2.05. The lowest BCUT2D eigenvalue weighted by molar-refractivity contribution is 0.205. The van der Waals surface area contributed by atoms with Crippen LogP contribution in [0, 0.1) is 0 Å². The zero-order valence-corrected chi connectivity index (χ0v) is 11.9. The molecule has 3 aromatic rings. The largest absolute Gasteiger partial charge is 0.496 e. The van der Waals surface area contributed by atoms with E-state index >= 15 is 0 Å². The third-order valence-electron chi connectivity index (χ3n) is 3.40. The Morgan fingerprint density at radius 2 is 1.76 bits per heavy atom. The van der Waals surface area contributed by atoms with Gasteiger partial charge >= 0.3 is 0 Å². The molecule has 21 heavy (non-hydrogen) atoms. The molecule has 0 fully saturated rings. The van der Waals surface area contributed by atoms with Gasteiger partial charge in [0.2, 0.25) is 0 Å². The monoisotopic (exact) mass is 284 g/mol. The first kappa shape index (κ1) is 13.5. The van der Waals surface area contributed by atoms with Crippen molar-refractivity contribution in [2.45, 2.75) is 6.10 Å². The molecule has 0 amide bonds. The predicted octanol–water partition coefficient (Wildman–Crippen LogP) is 2.43. The Balaban J connectivity index is 2.11. The third-order valence-corrected chi connectivity index (χ3v) is 3.40. The second kappa shape index (κ2) is 5.46. The summed E-state index contributed by atoms with van der Waals surface area (Å²) in [5.74, 6) is 1.14. The van der Waals surface area contributed by atoms with Crippen LogP contribution in [-0.4, -0.2) is 28.7 Å². The summed E-state index contributed by atoms with van der Waals surface area (Å²) in [5, 5.41) is 10.7. The van der Waals surface area contributed by atoms with E-state index in [0.29, 0.717) is 22.8 Å². The number of aliphatic hydroxyl groups is 1. The average Bonchev–Trinajstić information content (AvgIpc) is 2.97. The number of aliphatic hydroxyl groups excluding tert-OH is 1. The lowest BCUT2D eigenvalue weighted by atomic mass is 10.0. The van der Waals surface area contributed by atoms with Crippen LogP contribution in [0.2, 0.25) is 0 Å². The first-order chi connectivity index (χ1) is 10.2. The van der Waals surface area contributed by atoms with Crippen LogP contribution in [-0.2, 0) is 0 Å². The number of methoxy groups -OCH3 is 2. The Morgan fingerprint density at radius 3 is 2.38 bits per heavy atom. The van der Waals surface area contributed by atoms with Gasteiger partial charge in [-0.1, -0.05) is 12.1 Å². The lowest BCUT2D eigenvalue weighted by Gasteiger charge is -2.16. The highest BCUT2D eigenvalue weighted by molar-refractivity contribution is 5.50. The molecule has 108 valence electrons. The highest BCUT2D eigenvalue weighted by Crippen LogP contribution is 2.36. The van der Waals surface area contributed by atoms with Crippen LogP contribution in [0.25, 0.3) is 5.65 Å². The zero-order valence-electron chi connectivity index (χ0n) is 11.9. The summed E-state index contributed by atoms with van der Waals surface area (Å²) in [4.78, 5) is 4.44. The van der Waals surface area contributed by atoms with Crippen molar-refractivity contribution in [3.63, 3.8) is 0 Å². The average molecular weight is 284 g/mol. The topological polar surface area (TPSA) is 56.0 Å². The van der Waals surface area contributed by atoms with Crippen LogP contribution in [0.15, 0.2) is 48.8 Å². The van der Waals surface area contributed by atoms with E-state index in [4.69, 9.17) is 9.47 Å². The maximum absolute atomic E-state index is 10.7. The zero-order chi connectivity index (χ0) is 14.8. The van der Waals surface area contributed by atoms with Gasteiger partial charge in [0.15, 0.2) is 0 Å². The quantitative estimate of drug-likeness (QED) is 0.799. The Labute approximate surface area is 122 Å². The number of fused-ring (bicyclic) bond motifs is 1. The molecule has 0 saturated heterocycles. The number of hydrogen-bond donors (Lipinski definition) is 1. The van der Waals surface area contributed by atoms with E-state index in [1.807, 2.05) is 34.9 Å². The highest BCUT2D eigenvalue weighted by atomic mass is 16.5. The number of nitrogens with zero attached hydrogens (tertiary/aromatic N) is 2. The third kappa shape index (κ3) is 2.32. The Bertz CT molecular complexity index is 712. The van der Waals surface area contributed by atoms with Crippen molar-refractivity contribution in [2.75, 3.05) is 14.2 Å². The van der Waals surface area contributed by atoms with Gasteiger partial charge in [-0.2, -0.15) is 0 Å². The summed E-state index contributed by atoms with van der Waals surface area (Å²) < 4.78 is 12.5. The SMILES string of the molecule is COc1cccc(OC)c1C(O)c1cn2ccccc2n1. The molecule has 5 nitrogen and oxygen atoms in total. The fourth-order valence-corrected chi connectivity index (χ4v) is 2.38. The highest BCUT2D eigenvalue weighted by Gasteiger charge is 2.22. The number of imidazole rings is 1. The smallest absolute Gasteiger partial charge is 0.137 e. The maximum atomic E-state index is 10.7. The molecule has 0 aliphatic rings. The van der Waals surface area contributed by atoms with Gasteiger partial charge in [-0.3, -0.25) is 0 Å².